The summed E-state index contributed by atoms with van der Waals surface area (Å²) in [5.41, 5.74) is 2.99. The molecule has 0 atom stereocenters. The first-order valence-electron chi connectivity index (χ1n) is 9.25. The molecule has 1 aromatic carbocycles. The van der Waals surface area contributed by atoms with Gasteiger partial charge in [0, 0.05) is 24.1 Å². The predicted octanol–water partition coefficient (Wildman–Crippen LogP) is 4.80. The van der Waals surface area contributed by atoms with Crippen LogP contribution in [0.3, 0.4) is 0 Å². The predicted molar refractivity (Wildman–Crippen MR) is 121 cm³/mol. The summed E-state index contributed by atoms with van der Waals surface area (Å²) >= 11 is 7.70. The lowest BCUT2D eigenvalue weighted by Gasteiger charge is -2.16. The summed E-state index contributed by atoms with van der Waals surface area (Å²) < 4.78 is 5.67. The van der Waals surface area contributed by atoms with Crippen molar-refractivity contribution in [2.75, 3.05) is 19.5 Å². The molecule has 0 saturated carbocycles. The third kappa shape index (κ3) is 5.01. The second kappa shape index (κ2) is 9.77. The molecule has 0 aliphatic carbocycles. The van der Waals surface area contributed by atoms with Crippen LogP contribution in [0.15, 0.2) is 47.6 Å². The van der Waals surface area contributed by atoms with Crippen LogP contribution in [0.2, 0.25) is 5.15 Å². The van der Waals surface area contributed by atoms with Gasteiger partial charge < -0.3 is 15.4 Å². The Balaban J connectivity index is 1.99. The second-order valence-corrected chi connectivity index (χ2v) is 8.55. The van der Waals surface area contributed by atoms with Crippen molar-refractivity contribution in [3.63, 3.8) is 0 Å². The lowest BCUT2D eigenvalue weighted by atomic mass is 10.1. The number of hydrogen-bond acceptors (Lipinski definition) is 7. The Morgan fingerprint density at radius 3 is 2.60 bits per heavy atom. The molecular weight excluding hydrogens is 422 g/mol. The van der Waals surface area contributed by atoms with E-state index in [2.05, 4.69) is 39.7 Å². The molecule has 2 heterocycles. The summed E-state index contributed by atoms with van der Waals surface area (Å²) in [6.45, 7) is 4.22. The summed E-state index contributed by atoms with van der Waals surface area (Å²) in [4.78, 5) is 16.2. The van der Waals surface area contributed by atoms with E-state index in [9.17, 15) is 4.79 Å². The van der Waals surface area contributed by atoms with Gasteiger partial charge in [0.25, 0.3) is 5.91 Å². The molecular formula is C21H22ClN5O2S. The Morgan fingerprint density at radius 1 is 1.17 bits per heavy atom. The van der Waals surface area contributed by atoms with E-state index in [1.165, 1.54) is 6.20 Å². The minimum absolute atomic E-state index is 0.268. The van der Waals surface area contributed by atoms with Crippen molar-refractivity contribution in [3.05, 3.63) is 53.3 Å². The molecule has 156 valence electrons. The molecule has 30 heavy (non-hydrogen) atoms. The quantitative estimate of drug-likeness (QED) is 0.400. The number of para-hydroxylation sites is 1. The van der Waals surface area contributed by atoms with E-state index < -0.39 is 0 Å². The van der Waals surface area contributed by atoms with Crippen molar-refractivity contribution in [1.82, 2.24) is 20.5 Å². The standard InChI is InChI=1S/C21H22ClN5O2S/c1-12(2)30-19-9-8-15(26-27-19)13-6-5-7-16(20(13)29-4)25-17-10-18(22)24-11-14(17)21(28)23-3/h5-12H,1-4H3,(H,23,28)(H,24,25). The van der Waals surface area contributed by atoms with Crippen LogP contribution in [-0.2, 0) is 0 Å². The minimum Gasteiger partial charge on any atom is -0.494 e. The maximum Gasteiger partial charge on any atom is 0.254 e. The van der Waals surface area contributed by atoms with Crippen LogP contribution >= 0.6 is 23.4 Å². The van der Waals surface area contributed by atoms with Gasteiger partial charge in [0.1, 0.15) is 10.2 Å². The van der Waals surface area contributed by atoms with Crippen LogP contribution < -0.4 is 15.4 Å². The number of benzene rings is 1. The summed E-state index contributed by atoms with van der Waals surface area (Å²) in [5.74, 6) is 0.299. The normalized spacial score (nSPS) is 10.7. The highest BCUT2D eigenvalue weighted by molar-refractivity contribution is 7.99. The number of carbonyl (C=O) groups is 1. The van der Waals surface area contributed by atoms with Gasteiger partial charge in [-0.15, -0.1) is 22.0 Å². The minimum atomic E-state index is -0.277. The number of nitrogens with one attached hydrogen (secondary N) is 2. The first kappa shape index (κ1) is 21.9. The fraction of sp³-hybridized carbons (Fsp3) is 0.238. The van der Waals surface area contributed by atoms with E-state index in [0.29, 0.717) is 33.6 Å². The SMILES string of the molecule is CNC(=O)c1cnc(Cl)cc1Nc1cccc(-c2ccc(SC(C)C)nn2)c1OC. The van der Waals surface area contributed by atoms with Gasteiger partial charge in [0.05, 0.1) is 29.7 Å². The van der Waals surface area contributed by atoms with Crippen LogP contribution in [0.1, 0.15) is 24.2 Å². The van der Waals surface area contributed by atoms with Gasteiger partial charge in [-0.1, -0.05) is 31.5 Å². The fourth-order valence-corrected chi connectivity index (χ4v) is 3.69. The van der Waals surface area contributed by atoms with Crippen LogP contribution in [0.4, 0.5) is 11.4 Å². The van der Waals surface area contributed by atoms with Gasteiger partial charge in [-0.05, 0) is 30.3 Å². The zero-order valence-corrected chi connectivity index (χ0v) is 18.6. The molecule has 0 unspecified atom stereocenters. The number of hydrogen-bond donors (Lipinski definition) is 2. The molecule has 0 spiro atoms. The van der Waals surface area contributed by atoms with Gasteiger partial charge in [0.15, 0.2) is 5.75 Å². The number of carbonyl (C=O) groups excluding carboxylic acids is 1. The summed E-state index contributed by atoms with van der Waals surface area (Å²) in [6.07, 6.45) is 1.43. The van der Waals surface area contributed by atoms with Crippen molar-refractivity contribution in [3.8, 4) is 17.0 Å². The molecule has 7 nitrogen and oxygen atoms in total. The average molecular weight is 444 g/mol. The lowest BCUT2D eigenvalue weighted by Crippen LogP contribution is -2.19. The van der Waals surface area contributed by atoms with Gasteiger partial charge in [-0.3, -0.25) is 4.79 Å². The Morgan fingerprint density at radius 2 is 1.97 bits per heavy atom. The Hall–Kier alpha value is -2.84. The van der Waals surface area contributed by atoms with E-state index in [-0.39, 0.29) is 11.1 Å². The monoisotopic (exact) mass is 443 g/mol. The number of aromatic nitrogens is 3. The molecule has 0 aliphatic heterocycles. The van der Waals surface area contributed by atoms with E-state index in [1.807, 2.05) is 30.3 Å². The topological polar surface area (TPSA) is 89.0 Å². The third-order valence-corrected chi connectivity index (χ3v) is 5.24. The fourth-order valence-electron chi connectivity index (χ4n) is 2.82. The Kier molecular flexibility index (Phi) is 7.12. The number of thioether (sulfide) groups is 1. The van der Waals surface area contributed by atoms with Gasteiger partial charge in [-0.2, -0.15) is 0 Å². The maximum atomic E-state index is 12.2. The van der Waals surface area contributed by atoms with E-state index in [4.69, 9.17) is 16.3 Å². The highest BCUT2D eigenvalue weighted by Crippen LogP contribution is 2.38. The van der Waals surface area contributed by atoms with Gasteiger partial charge in [-0.25, -0.2) is 4.98 Å². The van der Waals surface area contributed by atoms with Crippen LogP contribution in [0.25, 0.3) is 11.3 Å². The number of ether oxygens (including phenoxy) is 1. The number of rotatable bonds is 7. The number of methoxy groups -OCH3 is 1. The van der Waals surface area contributed by atoms with Crippen molar-refractivity contribution in [2.24, 2.45) is 0 Å². The molecule has 3 rings (SSSR count). The molecule has 1 amide bonds. The first-order valence-corrected chi connectivity index (χ1v) is 10.5. The second-order valence-electron chi connectivity index (χ2n) is 6.57. The molecule has 0 bridgehead atoms. The van der Waals surface area contributed by atoms with Gasteiger partial charge in [0.2, 0.25) is 0 Å². The molecule has 3 aromatic rings. The first-order chi connectivity index (χ1) is 14.4. The van der Waals surface area contributed by atoms with E-state index >= 15 is 0 Å². The van der Waals surface area contributed by atoms with Crippen molar-refractivity contribution < 1.29 is 9.53 Å². The third-order valence-electron chi connectivity index (χ3n) is 4.10. The number of halogens is 1. The van der Waals surface area contributed by atoms with Crippen LogP contribution in [0, 0.1) is 0 Å². The molecule has 9 heteroatoms. The molecule has 0 aliphatic rings. The lowest BCUT2D eigenvalue weighted by molar-refractivity contribution is 0.0963. The van der Waals surface area contributed by atoms with Crippen molar-refractivity contribution in [1.29, 1.82) is 0 Å². The summed E-state index contributed by atoms with van der Waals surface area (Å²) in [6, 6.07) is 11.1. The highest BCUT2D eigenvalue weighted by atomic mass is 35.5. The maximum absolute atomic E-state index is 12.2. The smallest absolute Gasteiger partial charge is 0.254 e. The molecule has 0 fully saturated rings. The van der Waals surface area contributed by atoms with Crippen LogP contribution in [0.5, 0.6) is 5.75 Å². The number of amides is 1. The van der Waals surface area contributed by atoms with Crippen molar-refractivity contribution in [2.45, 2.75) is 24.1 Å². The largest absolute Gasteiger partial charge is 0.494 e. The van der Waals surface area contributed by atoms with Crippen molar-refractivity contribution >= 4 is 40.6 Å². The zero-order valence-electron chi connectivity index (χ0n) is 17.1. The summed E-state index contributed by atoms with van der Waals surface area (Å²) in [5, 5.41) is 16.0. The molecule has 0 radical (unpaired) electrons. The highest BCUT2D eigenvalue weighted by Gasteiger charge is 2.17. The molecule has 2 N–H and O–H groups in total. The number of anilines is 2. The van der Waals surface area contributed by atoms with Crippen LogP contribution in [-0.4, -0.2) is 40.5 Å². The molecule has 2 aromatic heterocycles. The summed E-state index contributed by atoms with van der Waals surface area (Å²) in [7, 11) is 3.14. The average Bonchev–Trinajstić information content (AvgIpc) is 2.73. The number of pyridine rings is 1. The molecule has 0 saturated heterocycles. The Labute approximate surface area is 184 Å². The number of nitrogens with zero attached hydrogens (tertiary/aromatic N) is 3. The zero-order chi connectivity index (χ0) is 21.7. The van der Waals surface area contributed by atoms with E-state index in [1.54, 1.807) is 32.0 Å². The van der Waals surface area contributed by atoms with Gasteiger partial charge >= 0.3 is 0 Å². The van der Waals surface area contributed by atoms with E-state index in [0.717, 1.165) is 10.6 Å². The Bertz CT molecular complexity index is 1040.